The molecule has 0 unspecified atom stereocenters. The van der Waals surface area contributed by atoms with Gasteiger partial charge in [-0.1, -0.05) is 0 Å². The number of hydrogen-bond acceptors (Lipinski definition) is 7. The number of anilines is 1. The van der Waals surface area contributed by atoms with E-state index in [4.69, 9.17) is 9.72 Å². The lowest BCUT2D eigenvalue weighted by Crippen LogP contribution is -2.45. The average Bonchev–Trinajstić information content (AvgIpc) is 3.13. The van der Waals surface area contributed by atoms with Gasteiger partial charge < -0.3 is 14.5 Å². The van der Waals surface area contributed by atoms with Gasteiger partial charge in [-0.05, 0) is 32.6 Å². The normalized spacial score (nSPS) is 20.4. The van der Waals surface area contributed by atoms with E-state index in [1.54, 1.807) is 12.4 Å². The van der Waals surface area contributed by atoms with Crippen LogP contribution in [0.4, 0.5) is 5.95 Å². The standard InChI is InChI=1S/C21H26N6O3/c1-14-12-23-16(13-22-14)19(29)26-6-4-21(5-7-26)3-2-15-17(21)24-20(25-18(15)28)27-8-10-30-11-9-27/h12-13H,2-11H2,1H3,(H,24,25,28). The highest BCUT2D eigenvalue weighted by atomic mass is 16.5. The van der Waals surface area contributed by atoms with E-state index in [-0.39, 0.29) is 16.9 Å². The molecule has 0 saturated carbocycles. The number of H-pyrrole nitrogens is 1. The molecule has 2 fully saturated rings. The van der Waals surface area contributed by atoms with E-state index in [1.165, 1.54) is 0 Å². The van der Waals surface area contributed by atoms with Gasteiger partial charge >= 0.3 is 0 Å². The van der Waals surface area contributed by atoms with Gasteiger partial charge in [0.2, 0.25) is 5.95 Å². The van der Waals surface area contributed by atoms with Crippen LogP contribution in [0.25, 0.3) is 0 Å². The second kappa shape index (κ2) is 7.46. The lowest BCUT2D eigenvalue weighted by atomic mass is 9.76. The number of fused-ring (bicyclic) bond motifs is 2. The summed E-state index contributed by atoms with van der Waals surface area (Å²) in [5.41, 5.74) is 2.78. The fraction of sp³-hybridized carbons (Fsp3) is 0.571. The SMILES string of the molecule is Cc1cnc(C(=O)N2CCC3(CCc4c3nc(N3CCOCC3)[nH]c4=O)CC2)cn1. The van der Waals surface area contributed by atoms with Gasteiger partial charge in [-0.15, -0.1) is 0 Å². The Bertz CT molecular complexity index is 1000. The molecule has 1 spiro atoms. The summed E-state index contributed by atoms with van der Waals surface area (Å²) in [4.78, 5) is 45.8. The van der Waals surface area contributed by atoms with E-state index >= 15 is 0 Å². The fourth-order valence-electron chi connectivity index (χ4n) is 4.85. The molecule has 2 aliphatic heterocycles. The maximum absolute atomic E-state index is 12.8. The molecular weight excluding hydrogens is 384 g/mol. The lowest BCUT2D eigenvalue weighted by Gasteiger charge is -2.39. The van der Waals surface area contributed by atoms with Crippen molar-refractivity contribution < 1.29 is 9.53 Å². The largest absolute Gasteiger partial charge is 0.378 e. The number of likely N-dealkylation sites (tertiary alicyclic amines) is 1. The van der Waals surface area contributed by atoms with Crippen LogP contribution in [-0.2, 0) is 16.6 Å². The molecule has 2 saturated heterocycles. The number of rotatable bonds is 2. The monoisotopic (exact) mass is 410 g/mol. The molecule has 1 N–H and O–H groups in total. The molecule has 5 rings (SSSR count). The predicted molar refractivity (Wildman–Crippen MR) is 110 cm³/mol. The molecule has 30 heavy (non-hydrogen) atoms. The van der Waals surface area contributed by atoms with E-state index < -0.39 is 0 Å². The second-order valence-corrected chi connectivity index (χ2v) is 8.43. The number of aromatic amines is 1. The minimum absolute atomic E-state index is 0.0215. The third kappa shape index (κ3) is 3.27. The van der Waals surface area contributed by atoms with Crippen molar-refractivity contribution in [1.82, 2.24) is 24.8 Å². The van der Waals surface area contributed by atoms with Crippen molar-refractivity contribution in [3.8, 4) is 0 Å². The maximum atomic E-state index is 12.8. The number of aromatic nitrogens is 4. The highest BCUT2D eigenvalue weighted by Crippen LogP contribution is 2.44. The van der Waals surface area contributed by atoms with Crippen LogP contribution in [-0.4, -0.2) is 70.1 Å². The summed E-state index contributed by atoms with van der Waals surface area (Å²) >= 11 is 0. The second-order valence-electron chi connectivity index (χ2n) is 8.43. The summed E-state index contributed by atoms with van der Waals surface area (Å²) < 4.78 is 5.42. The van der Waals surface area contributed by atoms with Gasteiger partial charge in [0.15, 0.2) is 0 Å². The minimum atomic E-state index is -0.125. The first kappa shape index (κ1) is 19.2. The van der Waals surface area contributed by atoms with Crippen molar-refractivity contribution in [3.05, 3.63) is 45.4 Å². The van der Waals surface area contributed by atoms with Crippen LogP contribution in [0.1, 0.15) is 46.7 Å². The third-order valence-corrected chi connectivity index (χ3v) is 6.68. The summed E-state index contributed by atoms with van der Waals surface area (Å²) in [5.74, 6) is 0.570. The molecule has 9 nitrogen and oxygen atoms in total. The molecule has 3 aliphatic rings. The minimum Gasteiger partial charge on any atom is -0.378 e. The quantitative estimate of drug-likeness (QED) is 0.782. The highest BCUT2D eigenvalue weighted by molar-refractivity contribution is 5.92. The number of carbonyl (C=O) groups is 1. The van der Waals surface area contributed by atoms with Crippen LogP contribution in [0.2, 0.25) is 0 Å². The number of ether oxygens (including phenoxy) is 1. The van der Waals surface area contributed by atoms with Gasteiger partial charge in [0, 0.05) is 43.4 Å². The Morgan fingerprint density at radius 3 is 2.57 bits per heavy atom. The van der Waals surface area contributed by atoms with Crippen molar-refractivity contribution >= 4 is 11.9 Å². The van der Waals surface area contributed by atoms with Crippen molar-refractivity contribution in [2.45, 2.75) is 38.0 Å². The van der Waals surface area contributed by atoms with Crippen LogP contribution in [0.3, 0.4) is 0 Å². The zero-order valence-corrected chi connectivity index (χ0v) is 17.2. The lowest BCUT2D eigenvalue weighted by molar-refractivity contribution is 0.0657. The molecule has 9 heteroatoms. The van der Waals surface area contributed by atoms with Gasteiger partial charge in [-0.3, -0.25) is 19.6 Å². The van der Waals surface area contributed by atoms with E-state index in [0.717, 1.165) is 55.7 Å². The number of nitrogens with one attached hydrogen (secondary N) is 1. The van der Waals surface area contributed by atoms with E-state index in [0.29, 0.717) is 37.9 Å². The Labute approximate surface area is 174 Å². The Morgan fingerprint density at radius 2 is 1.87 bits per heavy atom. The molecule has 2 aromatic rings. The summed E-state index contributed by atoms with van der Waals surface area (Å²) in [7, 11) is 0. The van der Waals surface area contributed by atoms with Crippen LogP contribution in [0, 0.1) is 6.92 Å². The Morgan fingerprint density at radius 1 is 1.10 bits per heavy atom. The van der Waals surface area contributed by atoms with Crippen molar-refractivity contribution in [1.29, 1.82) is 0 Å². The number of piperidine rings is 1. The first-order valence-corrected chi connectivity index (χ1v) is 10.6. The van der Waals surface area contributed by atoms with Gasteiger partial charge in [-0.25, -0.2) is 9.97 Å². The van der Waals surface area contributed by atoms with E-state index in [2.05, 4.69) is 19.9 Å². The zero-order chi connectivity index (χ0) is 20.7. The molecule has 2 aromatic heterocycles. The molecule has 0 bridgehead atoms. The molecule has 0 radical (unpaired) electrons. The van der Waals surface area contributed by atoms with Crippen molar-refractivity contribution in [3.63, 3.8) is 0 Å². The number of hydrogen-bond donors (Lipinski definition) is 1. The molecule has 0 atom stereocenters. The predicted octanol–water partition coefficient (Wildman–Crippen LogP) is 0.825. The van der Waals surface area contributed by atoms with Crippen molar-refractivity contribution in [2.24, 2.45) is 0 Å². The first-order valence-electron chi connectivity index (χ1n) is 10.6. The third-order valence-electron chi connectivity index (χ3n) is 6.68. The Balaban J connectivity index is 1.37. The smallest absolute Gasteiger partial charge is 0.274 e. The molecular formula is C21H26N6O3. The average molecular weight is 410 g/mol. The summed E-state index contributed by atoms with van der Waals surface area (Å²) in [6, 6.07) is 0. The number of amides is 1. The van der Waals surface area contributed by atoms with Gasteiger partial charge in [0.05, 0.1) is 30.8 Å². The molecule has 158 valence electrons. The van der Waals surface area contributed by atoms with Gasteiger partial charge in [-0.2, -0.15) is 0 Å². The van der Waals surface area contributed by atoms with E-state index in [1.807, 2.05) is 11.8 Å². The van der Waals surface area contributed by atoms with Crippen LogP contribution >= 0.6 is 0 Å². The summed E-state index contributed by atoms with van der Waals surface area (Å²) in [6.45, 7) is 5.87. The number of morpholine rings is 1. The first-order chi connectivity index (χ1) is 14.6. The molecule has 1 amide bonds. The molecule has 4 heterocycles. The van der Waals surface area contributed by atoms with Crippen molar-refractivity contribution in [2.75, 3.05) is 44.3 Å². The van der Waals surface area contributed by atoms with Crippen LogP contribution < -0.4 is 10.5 Å². The highest BCUT2D eigenvalue weighted by Gasteiger charge is 2.45. The topological polar surface area (TPSA) is 104 Å². The van der Waals surface area contributed by atoms with Crippen LogP contribution in [0.5, 0.6) is 0 Å². The van der Waals surface area contributed by atoms with Gasteiger partial charge in [0.1, 0.15) is 5.69 Å². The maximum Gasteiger partial charge on any atom is 0.274 e. The number of nitrogens with zero attached hydrogens (tertiary/aromatic N) is 5. The zero-order valence-electron chi connectivity index (χ0n) is 17.2. The van der Waals surface area contributed by atoms with E-state index in [9.17, 15) is 9.59 Å². The van der Waals surface area contributed by atoms with Gasteiger partial charge in [0.25, 0.3) is 11.5 Å². The molecule has 0 aromatic carbocycles. The number of aryl methyl sites for hydroxylation is 1. The Hall–Kier alpha value is -2.81. The fourth-order valence-corrected chi connectivity index (χ4v) is 4.85. The Kier molecular flexibility index (Phi) is 4.77. The molecule has 1 aliphatic carbocycles. The summed E-state index contributed by atoms with van der Waals surface area (Å²) in [5, 5.41) is 0. The van der Waals surface area contributed by atoms with Crippen LogP contribution in [0.15, 0.2) is 17.2 Å². The number of carbonyl (C=O) groups excluding carboxylic acids is 1. The summed E-state index contributed by atoms with van der Waals surface area (Å²) in [6.07, 6.45) is 6.45.